The Hall–Kier alpha value is -2.45. The molecule has 0 spiro atoms. The third-order valence-corrected chi connectivity index (χ3v) is 10.2. The lowest BCUT2D eigenvalue weighted by molar-refractivity contribution is -0.889. The molecule has 0 saturated heterocycles. The molecule has 0 aromatic heterocycles. The molecule has 0 fully saturated rings. The zero-order valence-electron chi connectivity index (χ0n) is 37.1. The Balaban J connectivity index is 4.34. The molecule has 8 heteroatoms. The number of carbonyl (C=O) groups is 3. The third kappa shape index (κ3) is 37.1. The highest BCUT2D eigenvalue weighted by atomic mass is 16.6. The highest BCUT2D eigenvalue weighted by molar-refractivity contribution is 5.70. The average molecular weight is 790 g/mol. The van der Waals surface area contributed by atoms with E-state index >= 15 is 0 Å². The van der Waals surface area contributed by atoms with Gasteiger partial charge in [0.2, 0.25) is 0 Å². The standard InChI is InChI=1S/C48H87NO7/c1-6-8-10-12-14-16-18-20-22-23-25-27-29-31-33-35-37-39-47(51)56-44(42-54-41-40-45(48(52)53)49(3,4)5)43-55-46(50)38-36-34-32-30-28-26-24-21-19-17-15-13-11-9-7-2/h14,16,20-22,24,44-45H,6-13,15,17-19,23,25-43H2,1-5H3/b16-14-,22-20-,24-21-. The van der Waals surface area contributed by atoms with E-state index in [-0.39, 0.29) is 42.7 Å². The molecular weight excluding hydrogens is 703 g/mol. The van der Waals surface area contributed by atoms with Gasteiger partial charge in [0, 0.05) is 19.3 Å². The molecule has 0 aromatic rings. The van der Waals surface area contributed by atoms with Crippen LogP contribution in [0.15, 0.2) is 36.5 Å². The number of nitrogens with zero attached hydrogens (tertiary/aromatic N) is 1. The van der Waals surface area contributed by atoms with Crippen molar-refractivity contribution in [2.45, 2.75) is 212 Å². The summed E-state index contributed by atoms with van der Waals surface area (Å²) in [7, 11) is 5.40. The molecule has 0 saturated carbocycles. The first-order valence-electron chi connectivity index (χ1n) is 23.0. The van der Waals surface area contributed by atoms with E-state index in [1.165, 1.54) is 103 Å². The van der Waals surface area contributed by atoms with Crippen LogP contribution in [-0.4, -0.2) is 75.5 Å². The number of carboxylic acid groups (broad SMARTS) is 1. The van der Waals surface area contributed by atoms with Crippen molar-refractivity contribution < 1.29 is 38.2 Å². The number of carboxylic acids is 1. The van der Waals surface area contributed by atoms with Crippen LogP contribution in [0, 0.1) is 0 Å². The van der Waals surface area contributed by atoms with Crippen molar-refractivity contribution in [3.8, 4) is 0 Å². The minimum Gasteiger partial charge on any atom is -0.544 e. The maximum atomic E-state index is 12.7. The monoisotopic (exact) mass is 790 g/mol. The Labute approximate surface area is 344 Å². The predicted octanol–water partition coefficient (Wildman–Crippen LogP) is 11.3. The number of quaternary nitrogens is 1. The SMILES string of the molecule is CCCCC/C=C\C/C=C\CCCCCCCCCC(=O)OC(COCCC(C(=O)[O-])[N+](C)(C)C)COC(=O)CCCCCCC/C=C\CCCCCCCC. The van der Waals surface area contributed by atoms with Crippen LogP contribution in [0.4, 0.5) is 0 Å². The Bertz CT molecular complexity index is 1020. The molecule has 56 heavy (non-hydrogen) atoms. The van der Waals surface area contributed by atoms with Crippen molar-refractivity contribution in [3.05, 3.63) is 36.5 Å². The van der Waals surface area contributed by atoms with Gasteiger partial charge >= 0.3 is 11.9 Å². The fourth-order valence-corrected chi connectivity index (χ4v) is 6.62. The average Bonchev–Trinajstić information content (AvgIpc) is 3.15. The highest BCUT2D eigenvalue weighted by Gasteiger charge is 2.25. The molecule has 0 radical (unpaired) electrons. The third-order valence-electron chi connectivity index (χ3n) is 10.2. The van der Waals surface area contributed by atoms with Crippen molar-refractivity contribution in [2.24, 2.45) is 0 Å². The number of rotatable bonds is 41. The number of esters is 2. The molecule has 0 aliphatic carbocycles. The number of ether oxygens (including phenoxy) is 3. The zero-order chi connectivity index (χ0) is 41.4. The van der Waals surface area contributed by atoms with E-state index in [2.05, 4.69) is 50.3 Å². The van der Waals surface area contributed by atoms with Gasteiger partial charge in [0.05, 0.1) is 40.3 Å². The van der Waals surface area contributed by atoms with E-state index < -0.39 is 18.1 Å². The van der Waals surface area contributed by atoms with Crippen molar-refractivity contribution in [3.63, 3.8) is 0 Å². The smallest absolute Gasteiger partial charge is 0.306 e. The first-order valence-corrected chi connectivity index (χ1v) is 23.0. The number of likely N-dealkylation sites (N-methyl/N-ethyl adjacent to an activating group) is 1. The summed E-state index contributed by atoms with van der Waals surface area (Å²) in [6.45, 7) is 4.62. The largest absolute Gasteiger partial charge is 0.544 e. The van der Waals surface area contributed by atoms with E-state index in [1.807, 2.05) is 0 Å². The summed E-state index contributed by atoms with van der Waals surface area (Å²) in [6, 6.07) is -0.727. The van der Waals surface area contributed by atoms with Crippen LogP contribution in [0.25, 0.3) is 0 Å². The van der Waals surface area contributed by atoms with Gasteiger partial charge in [0.25, 0.3) is 0 Å². The van der Waals surface area contributed by atoms with Crippen molar-refractivity contribution >= 4 is 17.9 Å². The van der Waals surface area contributed by atoms with Gasteiger partial charge in [-0.2, -0.15) is 0 Å². The van der Waals surface area contributed by atoms with Crippen molar-refractivity contribution in [1.82, 2.24) is 0 Å². The fraction of sp³-hybridized carbons (Fsp3) is 0.812. The first-order chi connectivity index (χ1) is 27.1. The van der Waals surface area contributed by atoms with Crippen molar-refractivity contribution in [1.29, 1.82) is 0 Å². The van der Waals surface area contributed by atoms with E-state index in [1.54, 1.807) is 21.1 Å². The van der Waals surface area contributed by atoms with E-state index in [0.717, 1.165) is 64.2 Å². The van der Waals surface area contributed by atoms with Crippen LogP contribution in [0.3, 0.4) is 0 Å². The van der Waals surface area contributed by atoms with Gasteiger partial charge in [-0.05, 0) is 70.6 Å². The minimum atomic E-state index is -1.13. The van der Waals surface area contributed by atoms with Gasteiger partial charge in [-0.25, -0.2) is 0 Å². The molecule has 0 bridgehead atoms. The second-order valence-corrected chi connectivity index (χ2v) is 16.6. The normalized spacial score (nSPS) is 13.2. The van der Waals surface area contributed by atoms with Crippen LogP contribution in [0.5, 0.6) is 0 Å². The second kappa shape index (κ2) is 39.4. The minimum absolute atomic E-state index is 0.0360. The summed E-state index contributed by atoms with van der Waals surface area (Å²) in [5.74, 6) is -1.75. The Morgan fingerprint density at radius 3 is 1.43 bits per heavy atom. The summed E-state index contributed by atoms with van der Waals surface area (Å²) in [5.41, 5.74) is 0. The van der Waals surface area contributed by atoms with Crippen LogP contribution in [0.2, 0.25) is 0 Å². The van der Waals surface area contributed by atoms with E-state index in [0.29, 0.717) is 12.8 Å². The van der Waals surface area contributed by atoms with Gasteiger partial charge < -0.3 is 28.6 Å². The maximum absolute atomic E-state index is 12.7. The molecule has 8 nitrogen and oxygen atoms in total. The topological polar surface area (TPSA) is 102 Å². The van der Waals surface area contributed by atoms with Gasteiger partial charge in [-0.1, -0.05) is 147 Å². The first kappa shape index (κ1) is 53.6. The summed E-state index contributed by atoms with van der Waals surface area (Å²) >= 11 is 0. The number of aliphatic carboxylic acids is 1. The molecule has 0 rings (SSSR count). The van der Waals surface area contributed by atoms with E-state index in [4.69, 9.17) is 14.2 Å². The van der Waals surface area contributed by atoms with Gasteiger partial charge in [-0.15, -0.1) is 0 Å². The molecule has 326 valence electrons. The Kier molecular flexibility index (Phi) is 37.7. The summed E-state index contributed by atoms with van der Waals surface area (Å²) in [6.07, 6.45) is 44.4. The predicted molar refractivity (Wildman–Crippen MR) is 231 cm³/mol. The maximum Gasteiger partial charge on any atom is 0.306 e. The Morgan fingerprint density at radius 2 is 0.946 bits per heavy atom. The van der Waals surface area contributed by atoms with Crippen LogP contribution >= 0.6 is 0 Å². The number of unbranched alkanes of at least 4 members (excludes halogenated alkanes) is 21. The summed E-state index contributed by atoms with van der Waals surface area (Å²) in [4.78, 5) is 36.9. The number of allylic oxidation sites excluding steroid dienone is 6. The number of hydrogen-bond donors (Lipinski definition) is 0. The quantitative estimate of drug-likeness (QED) is 0.0263. The second-order valence-electron chi connectivity index (χ2n) is 16.6. The molecule has 2 unspecified atom stereocenters. The van der Waals surface area contributed by atoms with E-state index in [9.17, 15) is 19.5 Å². The number of hydrogen-bond acceptors (Lipinski definition) is 7. The van der Waals surface area contributed by atoms with Crippen LogP contribution in [0.1, 0.15) is 200 Å². The molecular formula is C48H87NO7. The molecule has 0 aliphatic heterocycles. The number of carbonyl (C=O) groups excluding carboxylic acids is 3. The fourth-order valence-electron chi connectivity index (χ4n) is 6.62. The van der Waals surface area contributed by atoms with Gasteiger partial charge in [0.15, 0.2) is 6.10 Å². The molecule has 0 N–H and O–H groups in total. The van der Waals surface area contributed by atoms with Gasteiger partial charge in [-0.3, -0.25) is 9.59 Å². The molecule has 0 amide bonds. The molecule has 0 heterocycles. The zero-order valence-corrected chi connectivity index (χ0v) is 37.1. The van der Waals surface area contributed by atoms with Crippen molar-refractivity contribution in [2.75, 3.05) is 41.0 Å². The van der Waals surface area contributed by atoms with Gasteiger partial charge in [0.1, 0.15) is 12.6 Å². The van der Waals surface area contributed by atoms with Crippen LogP contribution < -0.4 is 5.11 Å². The lowest BCUT2D eigenvalue weighted by Gasteiger charge is -2.34. The summed E-state index contributed by atoms with van der Waals surface area (Å²) < 4.78 is 17.2. The molecule has 0 aliphatic rings. The lowest BCUT2D eigenvalue weighted by atomic mass is 10.1. The molecule has 2 atom stereocenters. The summed E-state index contributed by atoms with van der Waals surface area (Å²) in [5, 5.41) is 11.6. The lowest BCUT2D eigenvalue weighted by Crippen LogP contribution is -2.55. The molecule has 0 aromatic carbocycles. The Morgan fingerprint density at radius 1 is 0.536 bits per heavy atom. The van der Waals surface area contributed by atoms with Crippen LogP contribution in [-0.2, 0) is 28.6 Å². The highest BCUT2D eigenvalue weighted by Crippen LogP contribution is 2.14.